The van der Waals surface area contributed by atoms with Crippen molar-refractivity contribution in [2.24, 2.45) is 40.9 Å². The van der Waals surface area contributed by atoms with Crippen LogP contribution in [0.25, 0.3) is 0 Å². The summed E-state index contributed by atoms with van der Waals surface area (Å²) in [5.74, 6) is 7.45. The lowest BCUT2D eigenvalue weighted by Crippen LogP contribution is -2.48. The van der Waals surface area contributed by atoms with Gasteiger partial charge in [0.25, 0.3) is 0 Å². The molecule has 3 saturated carbocycles. The van der Waals surface area contributed by atoms with Gasteiger partial charge in [-0.2, -0.15) is 19.8 Å². The number of allylic oxidation sites excluding steroid dienone is 2. The molecule has 0 N–H and O–H groups in total. The monoisotopic (exact) mass is 315 g/mol. The molecule has 0 heteroatoms. The van der Waals surface area contributed by atoms with Crippen LogP contribution in [0.1, 0.15) is 86.5 Å². The molecular formula is C23H39-. The smallest absolute Gasteiger partial charge is 0.0230 e. The van der Waals surface area contributed by atoms with Gasteiger partial charge in [0.05, 0.1) is 0 Å². The molecule has 0 saturated heterocycles. The fraction of sp³-hybridized carbons (Fsp3) is 0.870. The summed E-state index contributed by atoms with van der Waals surface area (Å²) in [6, 6.07) is 0. The van der Waals surface area contributed by atoms with Crippen LogP contribution in [-0.4, -0.2) is 0 Å². The summed E-state index contributed by atoms with van der Waals surface area (Å²) in [5, 5.41) is 0. The van der Waals surface area contributed by atoms with Crippen molar-refractivity contribution in [3.8, 4) is 0 Å². The molecule has 0 amide bonds. The largest absolute Gasteiger partial charge is 0.317 e. The lowest BCUT2D eigenvalue weighted by Gasteiger charge is -2.56. The van der Waals surface area contributed by atoms with Crippen LogP contribution in [0.15, 0.2) is 11.6 Å². The Bertz CT molecular complexity index is 445. The Morgan fingerprint density at radius 2 is 2.00 bits per heavy atom. The van der Waals surface area contributed by atoms with Gasteiger partial charge in [0.2, 0.25) is 0 Å². The van der Waals surface area contributed by atoms with Crippen molar-refractivity contribution in [3.05, 3.63) is 17.6 Å². The van der Waals surface area contributed by atoms with E-state index in [0.29, 0.717) is 5.41 Å². The summed E-state index contributed by atoms with van der Waals surface area (Å²) in [7, 11) is 0. The molecular weight excluding hydrogens is 276 g/mol. The number of rotatable bonds is 6. The predicted molar refractivity (Wildman–Crippen MR) is 101 cm³/mol. The Morgan fingerprint density at radius 1 is 1.26 bits per heavy atom. The first-order valence-corrected chi connectivity index (χ1v) is 10.3. The SMILES string of the molecule is C/C=C(\CC(C)[C-](C)C)C(C)CC1CC2C3CC3CCCC12C. The van der Waals surface area contributed by atoms with Crippen molar-refractivity contribution in [3.63, 3.8) is 0 Å². The number of fused-ring (bicyclic) bond motifs is 3. The molecule has 0 aliphatic heterocycles. The minimum atomic E-state index is 0.696. The third-order valence-electron chi connectivity index (χ3n) is 8.27. The zero-order chi connectivity index (χ0) is 16.8. The van der Waals surface area contributed by atoms with Crippen LogP contribution >= 0.6 is 0 Å². The second kappa shape index (κ2) is 6.57. The molecule has 7 unspecified atom stereocenters. The van der Waals surface area contributed by atoms with Crippen LogP contribution in [0.2, 0.25) is 0 Å². The summed E-state index contributed by atoms with van der Waals surface area (Å²) < 4.78 is 0. The number of hydrogen-bond acceptors (Lipinski definition) is 0. The van der Waals surface area contributed by atoms with Crippen molar-refractivity contribution < 1.29 is 0 Å². The van der Waals surface area contributed by atoms with E-state index in [9.17, 15) is 0 Å². The van der Waals surface area contributed by atoms with Gasteiger partial charge in [0.15, 0.2) is 0 Å². The van der Waals surface area contributed by atoms with Crippen molar-refractivity contribution in [1.82, 2.24) is 0 Å². The van der Waals surface area contributed by atoms with Gasteiger partial charge in [-0.25, -0.2) is 0 Å². The van der Waals surface area contributed by atoms with Gasteiger partial charge in [-0.3, -0.25) is 0 Å². The molecule has 0 spiro atoms. The third kappa shape index (κ3) is 3.29. The van der Waals surface area contributed by atoms with Gasteiger partial charge in [-0.1, -0.05) is 51.7 Å². The fourth-order valence-electron chi connectivity index (χ4n) is 5.99. The van der Waals surface area contributed by atoms with Gasteiger partial charge in [0, 0.05) is 0 Å². The van der Waals surface area contributed by atoms with E-state index >= 15 is 0 Å². The summed E-state index contributed by atoms with van der Waals surface area (Å²) in [4.78, 5) is 0. The minimum Gasteiger partial charge on any atom is -0.317 e. The van der Waals surface area contributed by atoms with E-state index in [0.717, 1.165) is 35.5 Å². The van der Waals surface area contributed by atoms with Crippen LogP contribution < -0.4 is 0 Å². The molecule has 3 fully saturated rings. The molecule has 0 nitrogen and oxygen atoms in total. The highest BCUT2D eigenvalue weighted by atomic mass is 14.6. The summed E-state index contributed by atoms with van der Waals surface area (Å²) in [6.07, 6.45) is 12.8. The van der Waals surface area contributed by atoms with Crippen molar-refractivity contribution in [2.75, 3.05) is 0 Å². The van der Waals surface area contributed by atoms with E-state index in [4.69, 9.17) is 0 Å². The Hall–Kier alpha value is -0.260. The quantitative estimate of drug-likeness (QED) is 0.363. The van der Waals surface area contributed by atoms with Gasteiger partial charge >= 0.3 is 0 Å². The first-order chi connectivity index (χ1) is 10.9. The first-order valence-electron chi connectivity index (χ1n) is 10.3. The highest BCUT2D eigenvalue weighted by Gasteiger charge is 2.60. The van der Waals surface area contributed by atoms with Crippen LogP contribution in [0, 0.1) is 46.8 Å². The second-order valence-electron chi connectivity index (χ2n) is 9.78. The van der Waals surface area contributed by atoms with E-state index in [-0.39, 0.29) is 0 Å². The zero-order valence-corrected chi connectivity index (χ0v) is 16.5. The van der Waals surface area contributed by atoms with Crippen LogP contribution in [0.4, 0.5) is 0 Å². The van der Waals surface area contributed by atoms with Gasteiger partial charge in [-0.15, -0.1) is 0 Å². The summed E-state index contributed by atoms with van der Waals surface area (Å²) in [5.41, 5.74) is 2.41. The van der Waals surface area contributed by atoms with Gasteiger partial charge in [-0.05, 0) is 67.6 Å². The lowest BCUT2D eigenvalue weighted by molar-refractivity contribution is -0.0647. The van der Waals surface area contributed by atoms with Crippen LogP contribution in [-0.2, 0) is 0 Å². The maximum Gasteiger partial charge on any atom is -0.0230 e. The summed E-state index contributed by atoms with van der Waals surface area (Å²) >= 11 is 0. The molecule has 7 atom stereocenters. The molecule has 3 aliphatic rings. The highest BCUT2D eigenvalue weighted by Crippen LogP contribution is 2.68. The molecule has 132 valence electrons. The molecule has 0 bridgehead atoms. The average Bonchev–Trinajstić information content (AvgIpc) is 3.26. The Morgan fingerprint density at radius 3 is 2.65 bits per heavy atom. The molecule has 3 aliphatic carbocycles. The van der Waals surface area contributed by atoms with E-state index < -0.39 is 0 Å². The Labute approximate surface area is 145 Å². The molecule has 0 heterocycles. The van der Waals surface area contributed by atoms with Gasteiger partial charge in [0.1, 0.15) is 0 Å². The average molecular weight is 316 g/mol. The lowest BCUT2D eigenvalue weighted by atomic mass is 9.49. The Balaban J connectivity index is 1.58. The molecule has 0 radical (unpaired) electrons. The predicted octanol–water partition coefficient (Wildman–Crippen LogP) is 7.06. The molecule has 23 heavy (non-hydrogen) atoms. The minimum absolute atomic E-state index is 0.696. The third-order valence-corrected chi connectivity index (χ3v) is 8.27. The van der Waals surface area contributed by atoms with E-state index in [1.54, 1.807) is 30.8 Å². The molecule has 0 aromatic carbocycles. The Kier molecular flexibility index (Phi) is 5.01. The van der Waals surface area contributed by atoms with E-state index in [1.807, 2.05) is 0 Å². The molecule has 0 aromatic rings. The van der Waals surface area contributed by atoms with E-state index in [1.165, 1.54) is 25.7 Å². The second-order valence-corrected chi connectivity index (χ2v) is 9.78. The summed E-state index contributed by atoms with van der Waals surface area (Å²) in [6.45, 7) is 14.4. The number of hydrogen-bond donors (Lipinski definition) is 0. The highest BCUT2D eigenvalue weighted by molar-refractivity contribution is 5.13. The van der Waals surface area contributed by atoms with Crippen molar-refractivity contribution >= 4 is 0 Å². The van der Waals surface area contributed by atoms with Crippen LogP contribution in [0.5, 0.6) is 0 Å². The topological polar surface area (TPSA) is 0 Å². The van der Waals surface area contributed by atoms with Crippen molar-refractivity contribution in [1.29, 1.82) is 0 Å². The van der Waals surface area contributed by atoms with Gasteiger partial charge < -0.3 is 5.92 Å². The fourth-order valence-corrected chi connectivity index (χ4v) is 5.99. The standard InChI is InChI=1S/C23H39/c1-7-18(11-16(4)15(2)3)17(5)12-20-14-22-21-13-19(21)9-8-10-23(20,22)6/h7,16-17,19-22H,8-14H2,1-6H3/q-1/b18-7+. The molecule has 0 aromatic heterocycles. The maximum absolute atomic E-state index is 2.65. The maximum atomic E-state index is 2.65. The molecule has 3 rings (SSSR count). The van der Waals surface area contributed by atoms with Crippen molar-refractivity contribution in [2.45, 2.75) is 86.5 Å². The normalized spacial score (nSPS) is 42.3. The first kappa shape index (κ1) is 17.6. The zero-order valence-electron chi connectivity index (χ0n) is 16.5. The van der Waals surface area contributed by atoms with Crippen LogP contribution in [0.3, 0.4) is 0 Å². The van der Waals surface area contributed by atoms with E-state index in [2.05, 4.69) is 47.6 Å².